The number of aliphatic hydroxyl groups excluding tert-OH is 1. The molecule has 1 aromatic rings. The Labute approximate surface area is 97.0 Å². The summed E-state index contributed by atoms with van der Waals surface area (Å²) in [7, 11) is 0. The molecule has 1 aliphatic rings. The third kappa shape index (κ3) is 2.30. The summed E-state index contributed by atoms with van der Waals surface area (Å²) in [6.45, 7) is 2.29. The highest BCUT2D eigenvalue weighted by Gasteiger charge is 2.35. The van der Waals surface area contributed by atoms with Crippen LogP contribution < -0.4 is 0 Å². The third-order valence-electron chi connectivity index (χ3n) is 3.10. The fourth-order valence-electron chi connectivity index (χ4n) is 2.12. The van der Waals surface area contributed by atoms with Gasteiger partial charge in [-0.1, -0.05) is 6.92 Å². The topological polar surface area (TPSA) is 29.5 Å². The summed E-state index contributed by atoms with van der Waals surface area (Å²) in [6, 6.07) is 1.11. The number of aliphatic hydroxyl groups is 1. The van der Waals surface area contributed by atoms with E-state index >= 15 is 0 Å². The van der Waals surface area contributed by atoms with Gasteiger partial charge in [-0.2, -0.15) is 0 Å². The van der Waals surface area contributed by atoms with Gasteiger partial charge < -0.3 is 9.84 Å². The molecule has 94 valence electrons. The second-order valence-electron chi connectivity index (χ2n) is 4.33. The SMILES string of the molecule is CC1CCOC1C(O)c1c(F)cc(F)cc1F. The summed E-state index contributed by atoms with van der Waals surface area (Å²) < 4.78 is 44.9. The summed E-state index contributed by atoms with van der Waals surface area (Å²) in [5.41, 5.74) is -0.523. The van der Waals surface area contributed by atoms with E-state index in [2.05, 4.69) is 0 Å². The lowest BCUT2D eigenvalue weighted by molar-refractivity contribution is -0.0211. The quantitative estimate of drug-likeness (QED) is 0.869. The second kappa shape index (κ2) is 4.66. The minimum atomic E-state index is -1.41. The predicted molar refractivity (Wildman–Crippen MR) is 54.8 cm³/mol. The molecule has 0 amide bonds. The number of halogens is 3. The largest absolute Gasteiger partial charge is 0.385 e. The molecule has 1 aromatic carbocycles. The minimum Gasteiger partial charge on any atom is -0.385 e. The lowest BCUT2D eigenvalue weighted by Gasteiger charge is -2.22. The molecular formula is C12H13F3O2. The first kappa shape index (κ1) is 12.4. The number of hydrogen-bond acceptors (Lipinski definition) is 2. The molecule has 1 heterocycles. The van der Waals surface area contributed by atoms with Crippen molar-refractivity contribution in [3.8, 4) is 0 Å². The van der Waals surface area contributed by atoms with Gasteiger partial charge in [0.15, 0.2) is 0 Å². The zero-order valence-corrected chi connectivity index (χ0v) is 9.29. The van der Waals surface area contributed by atoms with Gasteiger partial charge in [0.25, 0.3) is 0 Å². The van der Waals surface area contributed by atoms with Crippen LogP contribution in [0.25, 0.3) is 0 Å². The van der Waals surface area contributed by atoms with Crippen molar-refractivity contribution in [2.24, 2.45) is 5.92 Å². The van der Waals surface area contributed by atoms with Gasteiger partial charge in [0.1, 0.15) is 23.6 Å². The highest BCUT2D eigenvalue weighted by atomic mass is 19.1. The van der Waals surface area contributed by atoms with Crippen molar-refractivity contribution in [1.29, 1.82) is 0 Å². The van der Waals surface area contributed by atoms with Crippen molar-refractivity contribution >= 4 is 0 Å². The van der Waals surface area contributed by atoms with E-state index < -0.39 is 35.2 Å². The average Bonchev–Trinajstić information content (AvgIpc) is 2.62. The Morgan fingerprint density at radius 3 is 2.35 bits per heavy atom. The van der Waals surface area contributed by atoms with E-state index in [0.717, 1.165) is 6.42 Å². The molecule has 1 saturated heterocycles. The lowest BCUT2D eigenvalue weighted by atomic mass is 9.94. The van der Waals surface area contributed by atoms with Crippen molar-refractivity contribution in [3.63, 3.8) is 0 Å². The monoisotopic (exact) mass is 246 g/mol. The van der Waals surface area contributed by atoms with Crippen molar-refractivity contribution in [2.45, 2.75) is 25.6 Å². The van der Waals surface area contributed by atoms with Gasteiger partial charge in [-0.25, -0.2) is 13.2 Å². The van der Waals surface area contributed by atoms with Crippen molar-refractivity contribution < 1.29 is 23.0 Å². The van der Waals surface area contributed by atoms with E-state index in [9.17, 15) is 18.3 Å². The van der Waals surface area contributed by atoms with Gasteiger partial charge in [-0.15, -0.1) is 0 Å². The Morgan fingerprint density at radius 2 is 1.88 bits per heavy atom. The Morgan fingerprint density at radius 1 is 1.29 bits per heavy atom. The van der Waals surface area contributed by atoms with Gasteiger partial charge in [-0.05, 0) is 12.3 Å². The highest BCUT2D eigenvalue weighted by molar-refractivity contribution is 5.24. The van der Waals surface area contributed by atoms with Crippen molar-refractivity contribution in [1.82, 2.24) is 0 Å². The van der Waals surface area contributed by atoms with Gasteiger partial charge in [-0.3, -0.25) is 0 Å². The fourth-order valence-corrected chi connectivity index (χ4v) is 2.12. The maximum Gasteiger partial charge on any atom is 0.134 e. The number of hydrogen-bond donors (Lipinski definition) is 1. The molecule has 17 heavy (non-hydrogen) atoms. The zero-order chi connectivity index (χ0) is 12.6. The molecule has 1 aliphatic heterocycles. The van der Waals surface area contributed by atoms with Crippen LogP contribution in [-0.4, -0.2) is 17.8 Å². The van der Waals surface area contributed by atoms with E-state index in [4.69, 9.17) is 4.74 Å². The molecule has 0 bridgehead atoms. The van der Waals surface area contributed by atoms with Gasteiger partial charge in [0, 0.05) is 18.7 Å². The molecule has 0 spiro atoms. The van der Waals surface area contributed by atoms with Crippen LogP contribution in [0.1, 0.15) is 25.0 Å². The molecule has 3 unspecified atom stereocenters. The number of ether oxygens (including phenoxy) is 1. The summed E-state index contributed by atoms with van der Waals surface area (Å²) in [5, 5.41) is 9.92. The highest BCUT2D eigenvalue weighted by Crippen LogP contribution is 2.33. The standard InChI is InChI=1S/C12H13F3O2/c1-6-2-3-17-12(6)11(16)10-8(14)4-7(13)5-9(10)15/h4-6,11-12,16H,2-3H2,1H3. The Balaban J connectivity index is 2.33. The van der Waals surface area contributed by atoms with Crippen LogP contribution in [0.4, 0.5) is 13.2 Å². The Hall–Kier alpha value is -1.07. The molecule has 3 atom stereocenters. The van der Waals surface area contributed by atoms with Crippen LogP contribution in [-0.2, 0) is 4.74 Å². The van der Waals surface area contributed by atoms with Gasteiger partial charge in [0.2, 0.25) is 0 Å². The number of benzene rings is 1. The van der Waals surface area contributed by atoms with Crippen LogP contribution in [0.15, 0.2) is 12.1 Å². The summed E-state index contributed by atoms with van der Waals surface area (Å²) in [4.78, 5) is 0. The molecule has 2 rings (SSSR count). The summed E-state index contributed by atoms with van der Waals surface area (Å²) >= 11 is 0. The lowest BCUT2D eigenvalue weighted by Crippen LogP contribution is -2.25. The molecule has 1 fully saturated rings. The molecule has 0 aliphatic carbocycles. The van der Waals surface area contributed by atoms with Crippen LogP contribution in [0.5, 0.6) is 0 Å². The zero-order valence-electron chi connectivity index (χ0n) is 9.29. The maximum absolute atomic E-state index is 13.4. The van der Waals surface area contributed by atoms with E-state index in [1.165, 1.54) is 0 Å². The molecule has 0 aromatic heterocycles. The third-order valence-corrected chi connectivity index (χ3v) is 3.10. The van der Waals surface area contributed by atoms with E-state index in [1.807, 2.05) is 6.92 Å². The van der Waals surface area contributed by atoms with E-state index in [-0.39, 0.29) is 5.92 Å². The Bertz CT molecular complexity index is 399. The average molecular weight is 246 g/mol. The molecule has 0 saturated carbocycles. The molecule has 1 N–H and O–H groups in total. The van der Waals surface area contributed by atoms with Crippen molar-refractivity contribution in [3.05, 3.63) is 35.1 Å². The molecule has 0 radical (unpaired) electrons. The molecule has 2 nitrogen and oxygen atoms in total. The van der Waals surface area contributed by atoms with Crippen LogP contribution in [0.3, 0.4) is 0 Å². The number of rotatable bonds is 2. The first-order valence-electron chi connectivity index (χ1n) is 5.45. The van der Waals surface area contributed by atoms with Crippen LogP contribution in [0.2, 0.25) is 0 Å². The maximum atomic E-state index is 13.4. The smallest absolute Gasteiger partial charge is 0.134 e. The van der Waals surface area contributed by atoms with Crippen molar-refractivity contribution in [2.75, 3.05) is 6.61 Å². The van der Waals surface area contributed by atoms with Crippen LogP contribution in [0, 0.1) is 23.4 Å². The van der Waals surface area contributed by atoms with Gasteiger partial charge in [0.05, 0.1) is 11.7 Å². The Kier molecular flexibility index (Phi) is 3.40. The van der Waals surface area contributed by atoms with Crippen LogP contribution >= 0.6 is 0 Å². The summed E-state index contributed by atoms with van der Waals surface area (Å²) in [5.74, 6) is -3.17. The van der Waals surface area contributed by atoms with E-state index in [1.54, 1.807) is 0 Å². The predicted octanol–water partition coefficient (Wildman–Crippen LogP) is 2.56. The summed E-state index contributed by atoms with van der Waals surface area (Å²) in [6.07, 6.45) is -1.33. The second-order valence-corrected chi connectivity index (χ2v) is 4.33. The first-order chi connectivity index (χ1) is 8.00. The minimum absolute atomic E-state index is 0.00820. The van der Waals surface area contributed by atoms with E-state index in [0.29, 0.717) is 18.7 Å². The van der Waals surface area contributed by atoms with Gasteiger partial charge >= 0.3 is 0 Å². The first-order valence-corrected chi connectivity index (χ1v) is 5.45. The molecule has 5 heteroatoms. The fraction of sp³-hybridized carbons (Fsp3) is 0.500. The molecular weight excluding hydrogens is 233 g/mol. The normalized spacial score (nSPS) is 26.2.